The molecule has 16 heavy (non-hydrogen) atoms. The molecule has 0 bridgehead atoms. The van der Waals surface area contributed by atoms with Crippen LogP contribution in [0.25, 0.3) is 0 Å². The molecule has 0 spiro atoms. The van der Waals surface area contributed by atoms with Crippen molar-refractivity contribution in [3.8, 4) is 0 Å². The number of carbonyl (C=O) groups excluding carboxylic acids is 1. The summed E-state index contributed by atoms with van der Waals surface area (Å²) in [4.78, 5) is 26.2. The molecule has 0 saturated carbocycles. The fourth-order valence-corrected chi connectivity index (χ4v) is 1.77. The molecule has 1 N–H and O–H groups in total. The third-order valence-corrected chi connectivity index (χ3v) is 2.98. The van der Waals surface area contributed by atoms with Crippen LogP contribution in [0.1, 0.15) is 20.8 Å². The Labute approximate surface area is 96.0 Å². The van der Waals surface area contributed by atoms with Gasteiger partial charge in [-0.1, -0.05) is 0 Å². The van der Waals surface area contributed by atoms with Crippen LogP contribution in [-0.2, 0) is 9.59 Å². The Kier molecular flexibility index (Phi) is 3.57. The van der Waals surface area contributed by atoms with Crippen molar-refractivity contribution < 1.29 is 14.7 Å². The molecule has 92 valence electrons. The lowest BCUT2D eigenvalue weighted by atomic mass is 10.0. The third kappa shape index (κ3) is 2.95. The van der Waals surface area contributed by atoms with E-state index in [9.17, 15) is 9.59 Å². The highest BCUT2D eigenvalue weighted by atomic mass is 16.4. The number of hydrogen-bond acceptors (Lipinski definition) is 3. The molecule has 1 aliphatic heterocycles. The number of amides is 1. The van der Waals surface area contributed by atoms with Gasteiger partial charge in [0.2, 0.25) is 5.91 Å². The molecular formula is C11H20N2O3. The average molecular weight is 228 g/mol. The molecule has 0 aromatic carbocycles. The maximum Gasteiger partial charge on any atom is 0.309 e. The number of carbonyl (C=O) groups is 2. The Balaban J connectivity index is 2.89. The summed E-state index contributed by atoms with van der Waals surface area (Å²) in [5, 5.41) is 9.09. The van der Waals surface area contributed by atoms with Gasteiger partial charge in [-0.3, -0.25) is 14.5 Å². The van der Waals surface area contributed by atoms with Crippen molar-refractivity contribution >= 4 is 11.9 Å². The predicted octanol–water partition coefficient (Wildman–Crippen LogP) is 0.260. The molecule has 1 aliphatic rings. The van der Waals surface area contributed by atoms with Gasteiger partial charge in [0, 0.05) is 25.7 Å². The number of likely N-dealkylation sites (N-methyl/N-ethyl adjacent to an activating group) is 1. The topological polar surface area (TPSA) is 60.9 Å². The van der Waals surface area contributed by atoms with Gasteiger partial charge in [0.05, 0.1) is 12.5 Å². The van der Waals surface area contributed by atoms with Crippen LogP contribution in [0.2, 0.25) is 0 Å². The van der Waals surface area contributed by atoms with Crippen LogP contribution in [0.3, 0.4) is 0 Å². The van der Waals surface area contributed by atoms with Crippen LogP contribution in [0.15, 0.2) is 0 Å². The Hall–Kier alpha value is -1.10. The van der Waals surface area contributed by atoms with Crippen molar-refractivity contribution in [2.75, 3.05) is 26.7 Å². The maximum absolute atomic E-state index is 11.7. The summed E-state index contributed by atoms with van der Waals surface area (Å²) in [5.41, 5.74) is -0.186. The molecule has 0 radical (unpaired) electrons. The van der Waals surface area contributed by atoms with Gasteiger partial charge in [0.15, 0.2) is 0 Å². The molecule has 0 aromatic heterocycles. The van der Waals surface area contributed by atoms with Gasteiger partial charge < -0.3 is 10.0 Å². The van der Waals surface area contributed by atoms with E-state index in [0.29, 0.717) is 19.6 Å². The van der Waals surface area contributed by atoms with Crippen molar-refractivity contribution in [1.82, 2.24) is 9.80 Å². The second kappa shape index (κ2) is 4.41. The Morgan fingerprint density at radius 2 is 1.94 bits per heavy atom. The highest BCUT2D eigenvalue weighted by molar-refractivity contribution is 5.80. The van der Waals surface area contributed by atoms with Crippen LogP contribution < -0.4 is 0 Å². The van der Waals surface area contributed by atoms with Crippen molar-refractivity contribution in [2.45, 2.75) is 26.3 Å². The molecule has 5 nitrogen and oxygen atoms in total. The predicted molar refractivity (Wildman–Crippen MR) is 60.1 cm³/mol. The summed E-state index contributed by atoms with van der Waals surface area (Å²) in [7, 11) is 1.66. The van der Waals surface area contributed by atoms with Crippen LogP contribution in [0.5, 0.6) is 0 Å². The third-order valence-electron chi connectivity index (χ3n) is 2.98. The Morgan fingerprint density at radius 3 is 2.38 bits per heavy atom. The molecule has 0 aromatic rings. The molecular weight excluding hydrogens is 208 g/mol. The van der Waals surface area contributed by atoms with Gasteiger partial charge in [0.1, 0.15) is 0 Å². The first kappa shape index (κ1) is 13.0. The minimum Gasteiger partial charge on any atom is -0.481 e. The van der Waals surface area contributed by atoms with Crippen molar-refractivity contribution in [3.05, 3.63) is 0 Å². The minimum absolute atomic E-state index is 0.0151. The van der Waals surface area contributed by atoms with Gasteiger partial charge in [-0.15, -0.1) is 0 Å². The van der Waals surface area contributed by atoms with Crippen LogP contribution in [0, 0.1) is 5.92 Å². The second-order valence-electron chi connectivity index (χ2n) is 5.36. The number of carboxylic acid groups (broad SMARTS) is 1. The van der Waals surface area contributed by atoms with Gasteiger partial charge in [-0.05, 0) is 20.8 Å². The lowest BCUT2D eigenvalue weighted by Crippen LogP contribution is -2.46. The first-order chi connectivity index (χ1) is 7.21. The van der Waals surface area contributed by atoms with Gasteiger partial charge in [-0.2, -0.15) is 0 Å². The van der Waals surface area contributed by atoms with E-state index in [1.54, 1.807) is 7.05 Å². The van der Waals surface area contributed by atoms with Crippen molar-refractivity contribution in [2.24, 2.45) is 5.92 Å². The van der Waals surface area contributed by atoms with E-state index in [1.165, 1.54) is 4.90 Å². The summed E-state index contributed by atoms with van der Waals surface area (Å²) >= 11 is 0. The SMILES string of the molecule is CN1CC(C(=O)O)CN(C(C)(C)C)CC1=O. The molecule has 1 unspecified atom stereocenters. The first-order valence-electron chi connectivity index (χ1n) is 5.43. The molecule has 1 atom stereocenters. The Morgan fingerprint density at radius 1 is 1.38 bits per heavy atom. The quantitative estimate of drug-likeness (QED) is 0.699. The lowest BCUT2D eigenvalue weighted by Gasteiger charge is -2.34. The maximum atomic E-state index is 11.7. The summed E-state index contributed by atoms with van der Waals surface area (Å²) < 4.78 is 0. The van der Waals surface area contributed by atoms with Gasteiger partial charge >= 0.3 is 5.97 Å². The van der Waals surface area contributed by atoms with Crippen LogP contribution in [-0.4, -0.2) is 59.0 Å². The van der Waals surface area contributed by atoms with Crippen molar-refractivity contribution in [1.29, 1.82) is 0 Å². The van der Waals surface area contributed by atoms with E-state index < -0.39 is 11.9 Å². The number of rotatable bonds is 1. The molecule has 1 amide bonds. The van der Waals surface area contributed by atoms with E-state index in [4.69, 9.17) is 5.11 Å². The highest BCUT2D eigenvalue weighted by Crippen LogP contribution is 2.19. The molecule has 1 saturated heterocycles. The molecule has 1 heterocycles. The molecule has 0 aliphatic carbocycles. The van der Waals surface area contributed by atoms with Crippen LogP contribution >= 0.6 is 0 Å². The number of hydrogen-bond donors (Lipinski definition) is 1. The number of aliphatic carboxylic acids is 1. The number of nitrogens with zero attached hydrogens (tertiary/aromatic N) is 2. The van der Waals surface area contributed by atoms with Gasteiger partial charge in [-0.25, -0.2) is 0 Å². The zero-order valence-electron chi connectivity index (χ0n) is 10.4. The second-order valence-corrected chi connectivity index (χ2v) is 5.36. The zero-order chi connectivity index (χ0) is 12.5. The van der Waals surface area contributed by atoms with E-state index in [0.717, 1.165) is 0 Å². The van der Waals surface area contributed by atoms with E-state index >= 15 is 0 Å². The summed E-state index contributed by atoms with van der Waals surface area (Å²) in [6.45, 7) is 6.99. The standard InChI is InChI=1S/C11H20N2O3/c1-11(2,3)13-6-8(10(15)16)5-12(4)9(14)7-13/h8H,5-7H2,1-4H3,(H,15,16). The number of carboxylic acids is 1. The highest BCUT2D eigenvalue weighted by Gasteiger charge is 2.34. The van der Waals surface area contributed by atoms with Gasteiger partial charge in [0.25, 0.3) is 0 Å². The van der Waals surface area contributed by atoms with Crippen LogP contribution in [0.4, 0.5) is 0 Å². The summed E-state index contributed by atoms with van der Waals surface area (Å²) in [6, 6.07) is 0. The summed E-state index contributed by atoms with van der Waals surface area (Å²) in [5.74, 6) is -1.36. The molecule has 1 fully saturated rings. The van der Waals surface area contributed by atoms with E-state index in [-0.39, 0.29) is 11.4 Å². The fraction of sp³-hybridized carbons (Fsp3) is 0.818. The summed E-state index contributed by atoms with van der Waals surface area (Å²) in [6.07, 6.45) is 0. The van der Waals surface area contributed by atoms with E-state index in [1.807, 2.05) is 25.7 Å². The molecule has 1 rings (SSSR count). The first-order valence-corrected chi connectivity index (χ1v) is 5.43. The monoisotopic (exact) mass is 228 g/mol. The molecule has 5 heteroatoms. The lowest BCUT2D eigenvalue weighted by molar-refractivity contribution is -0.142. The van der Waals surface area contributed by atoms with Crippen molar-refractivity contribution in [3.63, 3.8) is 0 Å². The smallest absolute Gasteiger partial charge is 0.309 e. The minimum atomic E-state index is -0.837. The fourth-order valence-electron chi connectivity index (χ4n) is 1.77. The zero-order valence-corrected chi connectivity index (χ0v) is 10.4. The van der Waals surface area contributed by atoms with E-state index in [2.05, 4.69) is 0 Å². The Bertz CT molecular complexity index is 296. The normalized spacial score (nSPS) is 24.4. The largest absolute Gasteiger partial charge is 0.481 e. The average Bonchev–Trinajstić information content (AvgIpc) is 2.26.